The van der Waals surface area contributed by atoms with Gasteiger partial charge in [-0.15, -0.1) is 0 Å². The predicted molar refractivity (Wildman–Crippen MR) is 141 cm³/mol. The normalized spacial score (nSPS) is 10.8. The Balaban J connectivity index is 1.66. The number of nitrogens with zero attached hydrogens (tertiary/aromatic N) is 1. The number of benzene rings is 3. The lowest BCUT2D eigenvalue weighted by Gasteiger charge is -2.15. The first kappa shape index (κ1) is 26.0. The molecule has 3 rings (SSSR count). The third kappa shape index (κ3) is 7.42. The van der Waals surface area contributed by atoms with Crippen LogP contribution in [-0.2, 0) is 16.2 Å². The number of halogens is 1. The third-order valence-electron chi connectivity index (χ3n) is 5.01. The van der Waals surface area contributed by atoms with Crippen LogP contribution in [0.15, 0.2) is 64.2 Å². The summed E-state index contributed by atoms with van der Waals surface area (Å²) in [5, 5.41) is 6.50. The van der Waals surface area contributed by atoms with E-state index in [0.717, 1.165) is 22.3 Å². The second-order valence-corrected chi connectivity index (χ2v) is 8.87. The molecule has 2 amide bonds. The molecule has 0 radical (unpaired) electrons. The molecule has 0 heterocycles. The zero-order valence-corrected chi connectivity index (χ0v) is 21.7. The van der Waals surface area contributed by atoms with Crippen molar-refractivity contribution < 1.29 is 19.1 Å². The maximum atomic E-state index is 12.2. The molecular weight excluding hydrogens is 510 g/mol. The second-order valence-electron chi connectivity index (χ2n) is 8.01. The van der Waals surface area contributed by atoms with Crippen molar-refractivity contribution in [2.24, 2.45) is 5.10 Å². The van der Waals surface area contributed by atoms with Crippen LogP contribution in [0.5, 0.6) is 11.5 Å². The lowest BCUT2D eigenvalue weighted by Crippen LogP contribution is -2.32. The van der Waals surface area contributed by atoms with Gasteiger partial charge < -0.3 is 14.8 Å². The van der Waals surface area contributed by atoms with Gasteiger partial charge in [0.25, 0.3) is 0 Å². The van der Waals surface area contributed by atoms with Crippen LogP contribution in [-0.4, -0.2) is 24.6 Å². The quantitative estimate of drug-likeness (QED) is 0.227. The molecule has 0 aromatic heterocycles. The summed E-state index contributed by atoms with van der Waals surface area (Å²) in [6, 6.07) is 17.2. The van der Waals surface area contributed by atoms with Crippen molar-refractivity contribution in [3.8, 4) is 11.5 Å². The molecular formula is C27H28BrN3O4. The molecule has 35 heavy (non-hydrogen) atoms. The average molecular weight is 538 g/mol. The van der Waals surface area contributed by atoms with Crippen molar-refractivity contribution in [1.29, 1.82) is 0 Å². The Morgan fingerprint density at radius 2 is 1.74 bits per heavy atom. The number of carbonyl (C=O) groups is 2. The smallest absolute Gasteiger partial charge is 0.329 e. The van der Waals surface area contributed by atoms with Crippen LogP contribution in [0.2, 0.25) is 0 Å². The molecule has 7 nitrogen and oxygen atoms in total. The highest BCUT2D eigenvalue weighted by atomic mass is 79.9. The van der Waals surface area contributed by atoms with E-state index in [9.17, 15) is 9.59 Å². The zero-order valence-electron chi connectivity index (χ0n) is 20.1. The maximum Gasteiger partial charge on any atom is 0.329 e. The largest absolute Gasteiger partial charge is 0.490 e. The molecule has 3 aromatic carbocycles. The Morgan fingerprint density at radius 1 is 0.971 bits per heavy atom. The fraction of sp³-hybridized carbons (Fsp3) is 0.222. The van der Waals surface area contributed by atoms with Gasteiger partial charge in [-0.3, -0.25) is 9.59 Å². The van der Waals surface area contributed by atoms with Crippen LogP contribution in [0.1, 0.15) is 34.7 Å². The van der Waals surface area contributed by atoms with E-state index in [0.29, 0.717) is 40.4 Å². The molecule has 0 aliphatic carbocycles. The molecule has 0 saturated carbocycles. The first-order chi connectivity index (χ1) is 16.8. The Labute approximate surface area is 213 Å². The topological polar surface area (TPSA) is 89.0 Å². The van der Waals surface area contributed by atoms with Crippen LogP contribution in [0.4, 0.5) is 5.69 Å². The summed E-state index contributed by atoms with van der Waals surface area (Å²) in [6.07, 6.45) is 1.43. The molecule has 3 aromatic rings. The Bertz CT molecular complexity index is 1260. The number of carbonyl (C=O) groups excluding carboxylic acids is 2. The van der Waals surface area contributed by atoms with Crippen LogP contribution >= 0.6 is 15.9 Å². The number of hydrogen-bond acceptors (Lipinski definition) is 5. The lowest BCUT2D eigenvalue weighted by molar-refractivity contribution is -0.136. The minimum absolute atomic E-state index is 0.388. The highest BCUT2D eigenvalue weighted by Gasteiger charge is 2.15. The van der Waals surface area contributed by atoms with Crippen molar-refractivity contribution in [1.82, 2.24) is 5.43 Å². The van der Waals surface area contributed by atoms with Gasteiger partial charge in [0.05, 0.1) is 17.3 Å². The Morgan fingerprint density at radius 3 is 2.46 bits per heavy atom. The maximum absolute atomic E-state index is 12.2. The summed E-state index contributed by atoms with van der Waals surface area (Å²) in [7, 11) is 0. The minimum atomic E-state index is -0.872. The third-order valence-corrected chi connectivity index (χ3v) is 5.60. The van der Waals surface area contributed by atoms with Crippen LogP contribution in [0.25, 0.3) is 0 Å². The number of rotatable bonds is 8. The number of amides is 2. The molecule has 0 bridgehead atoms. The summed E-state index contributed by atoms with van der Waals surface area (Å²) >= 11 is 3.53. The number of nitrogens with one attached hydrogen (secondary N) is 2. The van der Waals surface area contributed by atoms with Gasteiger partial charge in [0.1, 0.15) is 6.61 Å². The average Bonchev–Trinajstić information content (AvgIpc) is 2.80. The van der Waals surface area contributed by atoms with Crippen LogP contribution in [0.3, 0.4) is 0 Å². The fourth-order valence-electron chi connectivity index (χ4n) is 3.37. The highest BCUT2D eigenvalue weighted by molar-refractivity contribution is 9.10. The van der Waals surface area contributed by atoms with E-state index in [1.54, 1.807) is 18.2 Å². The molecule has 0 aliphatic heterocycles. The van der Waals surface area contributed by atoms with Crippen molar-refractivity contribution in [3.05, 3.63) is 86.9 Å². The van der Waals surface area contributed by atoms with Crippen molar-refractivity contribution in [2.45, 2.75) is 34.3 Å². The number of aryl methyl sites for hydroxylation is 3. The van der Waals surface area contributed by atoms with Gasteiger partial charge in [0.15, 0.2) is 11.5 Å². The highest BCUT2D eigenvalue weighted by Crippen LogP contribution is 2.37. The number of ether oxygens (including phenoxy) is 2. The molecule has 0 unspecified atom stereocenters. The zero-order chi connectivity index (χ0) is 25.4. The summed E-state index contributed by atoms with van der Waals surface area (Å²) < 4.78 is 12.5. The summed E-state index contributed by atoms with van der Waals surface area (Å²) in [5.74, 6) is -0.564. The van der Waals surface area contributed by atoms with Crippen LogP contribution in [0, 0.1) is 20.8 Å². The second kappa shape index (κ2) is 12.2. The van der Waals surface area contributed by atoms with Crippen LogP contribution < -0.4 is 20.2 Å². The number of hydrogen-bond donors (Lipinski definition) is 2. The van der Waals surface area contributed by atoms with Gasteiger partial charge in [-0.1, -0.05) is 47.5 Å². The molecule has 0 aliphatic rings. The first-order valence-corrected chi connectivity index (χ1v) is 11.9. The first-order valence-electron chi connectivity index (χ1n) is 11.1. The van der Waals surface area contributed by atoms with Gasteiger partial charge in [-0.2, -0.15) is 5.10 Å². The summed E-state index contributed by atoms with van der Waals surface area (Å²) in [5.41, 5.74) is 7.62. The Kier molecular flexibility index (Phi) is 9.03. The summed E-state index contributed by atoms with van der Waals surface area (Å²) in [4.78, 5) is 24.4. The predicted octanol–water partition coefficient (Wildman–Crippen LogP) is 5.44. The van der Waals surface area contributed by atoms with Gasteiger partial charge in [0.2, 0.25) is 0 Å². The number of anilines is 1. The SMILES string of the molecule is CCOc1cc(C=NNC(=O)C(=O)Nc2ccc(C)cc2C)cc(Br)c1OCc1cccc(C)c1. The fourth-order valence-corrected chi connectivity index (χ4v) is 3.95. The summed E-state index contributed by atoms with van der Waals surface area (Å²) in [6.45, 7) is 8.57. The monoisotopic (exact) mass is 537 g/mol. The van der Waals surface area contributed by atoms with E-state index in [-0.39, 0.29) is 0 Å². The van der Waals surface area contributed by atoms with E-state index in [1.807, 2.05) is 58.0 Å². The van der Waals surface area contributed by atoms with Crippen molar-refractivity contribution in [2.75, 3.05) is 11.9 Å². The van der Waals surface area contributed by atoms with Crippen molar-refractivity contribution >= 4 is 39.6 Å². The molecule has 0 spiro atoms. The van der Waals surface area contributed by atoms with Gasteiger partial charge >= 0.3 is 11.8 Å². The van der Waals surface area contributed by atoms with E-state index in [1.165, 1.54) is 6.21 Å². The van der Waals surface area contributed by atoms with E-state index in [2.05, 4.69) is 37.8 Å². The standard InChI is InChI=1S/C27H28BrN3O4/c1-5-34-24-14-21(13-22(28)25(24)35-16-20-8-6-7-17(2)12-20)15-29-31-27(33)26(32)30-23-10-9-18(3)11-19(23)4/h6-15H,5,16H2,1-4H3,(H,30,32)(H,31,33). The van der Waals surface area contributed by atoms with Gasteiger partial charge in [0, 0.05) is 5.69 Å². The van der Waals surface area contributed by atoms with Gasteiger partial charge in [-0.05, 0) is 78.5 Å². The van der Waals surface area contributed by atoms with E-state index < -0.39 is 11.8 Å². The molecule has 0 atom stereocenters. The van der Waals surface area contributed by atoms with E-state index in [4.69, 9.17) is 9.47 Å². The van der Waals surface area contributed by atoms with E-state index >= 15 is 0 Å². The lowest BCUT2D eigenvalue weighted by atomic mass is 10.1. The van der Waals surface area contributed by atoms with Crippen molar-refractivity contribution in [3.63, 3.8) is 0 Å². The number of hydrazone groups is 1. The molecule has 2 N–H and O–H groups in total. The molecule has 8 heteroatoms. The molecule has 0 saturated heterocycles. The Hall–Kier alpha value is -3.65. The minimum Gasteiger partial charge on any atom is -0.490 e. The molecule has 182 valence electrons. The molecule has 0 fully saturated rings. The van der Waals surface area contributed by atoms with Gasteiger partial charge in [-0.25, -0.2) is 5.43 Å².